The largest absolute Gasteiger partial charge is 0.493 e. The van der Waals surface area contributed by atoms with Gasteiger partial charge in [0.1, 0.15) is 19.1 Å². The standard InChI is InChI=1S/C25H30NO6/c1-28-20-10-16-17(11-21(20)29-2)23-18(12-22(30-3)24(31-4)25(23)32-5)15-9-14-7-6-8-26(14,27)13-19(15)16/h10-12,14,27H,6-9,13H2,1-5H3/q+1. The number of hydrogen-bond acceptors (Lipinski definition) is 6. The first kappa shape index (κ1) is 21.0. The lowest BCUT2D eigenvalue weighted by atomic mass is 9.84. The van der Waals surface area contributed by atoms with E-state index in [4.69, 9.17) is 23.7 Å². The number of hydrogen-bond donors (Lipinski definition) is 1. The lowest BCUT2D eigenvalue weighted by Gasteiger charge is -2.38. The van der Waals surface area contributed by atoms with Gasteiger partial charge in [0.25, 0.3) is 0 Å². The highest BCUT2D eigenvalue weighted by Crippen LogP contribution is 2.52. The van der Waals surface area contributed by atoms with Gasteiger partial charge in [-0.15, -0.1) is 0 Å². The van der Waals surface area contributed by atoms with Gasteiger partial charge in [-0.05, 0) is 39.9 Å². The molecule has 32 heavy (non-hydrogen) atoms. The van der Waals surface area contributed by atoms with E-state index in [0.717, 1.165) is 52.9 Å². The SMILES string of the molecule is COc1cc2c3c(c4cc(OC)c(OC)c(OC)c4c2cc1OC)CC1CCC[N+]1(O)C3. The number of benzene rings is 3. The van der Waals surface area contributed by atoms with Crippen LogP contribution < -0.4 is 23.7 Å². The molecule has 0 saturated carbocycles. The molecule has 2 heterocycles. The minimum Gasteiger partial charge on any atom is -0.493 e. The lowest BCUT2D eigenvalue weighted by Crippen LogP contribution is -2.51. The van der Waals surface area contributed by atoms with Gasteiger partial charge in [0.15, 0.2) is 23.0 Å². The molecule has 2 aliphatic heterocycles. The van der Waals surface area contributed by atoms with Crippen molar-refractivity contribution in [1.29, 1.82) is 0 Å². The van der Waals surface area contributed by atoms with Crippen molar-refractivity contribution < 1.29 is 33.5 Å². The quantitative estimate of drug-likeness (QED) is 0.467. The summed E-state index contributed by atoms with van der Waals surface area (Å²) in [4.78, 5) is 0. The molecule has 3 aromatic rings. The van der Waals surface area contributed by atoms with Crippen molar-refractivity contribution in [3.63, 3.8) is 0 Å². The van der Waals surface area contributed by atoms with E-state index in [1.807, 2.05) is 18.2 Å². The van der Waals surface area contributed by atoms with Gasteiger partial charge in [-0.1, -0.05) is 0 Å². The molecule has 0 aromatic heterocycles. The highest BCUT2D eigenvalue weighted by molar-refractivity contribution is 6.16. The summed E-state index contributed by atoms with van der Waals surface area (Å²) < 4.78 is 28.6. The van der Waals surface area contributed by atoms with Crippen LogP contribution in [0.25, 0.3) is 21.5 Å². The number of quaternary nitrogens is 1. The molecule has 0 spiro atoms. The van der Waals surface area contributed by atoms with E-state index in [1.54, 1.807) is 35.5 Å². The maximum Gasteiger partial charge on any atom is 0.203 e. The van der Waals surface area contributed by atoms with Gasteiger partial charge in [0, 0.05) is 30.2 Å². The molecule has 7 heteroatoms. The highest BCUT2D eigenvalue weighted by atomic mass is 16.6. The van der Waals surface area contributed by atoms with Crippen molar-refractivity contribution in [2.24, 2.45) is 0 Å². The Morgan fingerprint density at radius 1 is 0.750 bits per heavy atom. The Hall–Kier alpha value is -2.90. The summed E-state index contributed by atoms with van der Waals surface area (Å²) in [5.74, 6) is 3.11. The topological polar surface area (TPSA) is 66.4 Å². The third kappa shape index (κ3) is 2.81. The fraction of sp³-hybridized carbons (Fsp3) is 0.440. The Morgan fingerprint density at radius 3 is 2.00 bits per heavy atom. The van der Waals surface area contributed by atoms with Crippen LogP contribution in [0.5, 0.6) is 28.7 Å². The zero-order valence-electron chi connectivity index (χ0n) is 19.3. The predicted octanol–water partition coefficient (Wildman–Crippen LogP) is 4.46. The summed E-state index contributed by atoms with van der Waals surface area (Å²) in [7, 11) is 8.18. The molecule has 0 amide bonds. The maximum absolute atomic E-state index is 11.4. The molecule has 3 aromatic carbocycles. The first-order valence-corrected chi connectivity index (χ1v) is 10.9. The third-order valence-electron chi connectivity index (χ3n) is 7.27. The van der Waals surface area contributed by atoms with Gasteiger partial charge in [-0.3, -0.25) is 0 Å². The van der Waals surface area contributed by atoms with Crippen molar-refractivity contribution in [2.75, 3.05) is 42.1 Å². The van der Waals surface area contributed by atoms with E-state index >= 15 is 0 Å². The molecule has 0 radical (unpaired) electrons. The molecule has 1 N–H and O–H groups in total. The number of hydroxylamine groups is 3. The first-order valence-electron chi connectivity index (χ1n) is 10.9. The number of nitrogens with zero attached hydrogens (tertiary/aromatic N) is 1. The summed E-state index contributed by atoms with van der Waals surface area (Å²) in [6.45, 7) is 1.35. The number of ether oxygens (including phenoxy) is 5. The Balaban J connectivity index is 1.98. The van der Waals surface area contributed by atoms with Crippen LogP contribution in [0, 0.1) is 0 Å². The number of fused-ring (bicyclic) bond motifs is 7. The molecule has 1 saturated heterocycles. The van der Waals surface area contributed by atoms with Crippen molar-refractivity contribution in [2.45, 2.75) is 31.8 Å². The Kier molecular flexibility index (Phi) is 4.98. The van der Waals surface area contributed by atoms with Crippen LogP contribution in [-0.2, 0) is 13.0 Å². The Morgan fingerprint density at radius 2 is 1.38 bits per heavy atom. The molecule has 7 nitrogen and oxygen atoms in total. The van der Waals surface area contributed by atoms with E-state index in [9.17, 15) is 5.21 Å². The van der Waals surface area contributed by atoms with E-state index in [1.165, 1.54) is 5.56 Å². The molecular weight excluding hydrogens is 410 g/mol. The van der Waals surface area contributed by atoms with Crippen LogP contribution in [0.3, 0.4) is 0 Å². The molecule has 5 rings (SSSR count). The van der Waals surface area contributed by atoms with Gasteiger partial charge < -0.3 is 23.7 Å². The lowest BCUT2D eigenvalue weighted by molar-refractivity contribution is -1.12. The van der Waals surface area contributed by atoms with Crippen LogP contribution in [0.2, 0.25) is 0 Å². The van der Waals surface area contributed by atoms with E-state index in [-0.39, 0.29) is 10.7 Å². The van der Waals surface area contributed by atoms with Gasteiger partial charge in [0.2, 0.25) is 5.75 Å². The monoisotopic (exact) mass is 440 g/mol. The molecule has 0 aliphatic carbocycles. The second-order valence-electron chi connectivity index (χ2n) is 8.65. The molecule has 1 fully saturated rings. The molecule has 0 bridgehead atoms. The summed E-state index contributed by atoms with van der Waals surface area (Å²) in [5, 5.41) is 15.4. The Labute approximate surface area is 187 Å². The van der Waals surface area contributed by atoms with Crippen molar-refractivity contribution in [3.05, 3.63) is 29.3 Å². The smallest absolute Gasteiger partial charge is 0.203 e. The van der Waals surface area contributed by atoms with E-state index in [0.29, 0.717) is 35.3 Å². The van der Waals surface area contributed by atoms with Crippen LogP contribution in [-0.4, -0.2) is 58.0 Å². The summed E-state index contributed by atoms with van der Waals surface area (Å²) in [5.41, 5.74) is 2.37. The van der Waals surface area contributed by atoms with E-state index in [2.05, 4.69) is 0 Å². The van der Waals surface area contributed by atoms with Gasteiger partial charge in [-0.25, -0.2) is 5.21 Å². The fourth-order valence-corrected chi connectivity index (χ4v) is 5.75. The second-order valence-corrected chi connectivity index (χ2v) is 8.65. The highest BCUT2D eigenvalue weighted by Gasteiger charge is 2.46. The van der Waals surface area contributed by atoms with Gasteiger partial charge >= 0.3 is 0 Å². The summed E-state index contributed by atoms with van der Waals surface area (Å²) in [6.07, 6.45) is 2.85. The molecule has 2 atom stereocenters. The Bertz CT molecular complexity index is 1220. The average molecular weight is 441 g/mol. The first-order chi connectivity index (χ1) is 15.5. The van der Waals surface area contributed by atoms with Crippen LogP contribution in [0.15, 0.2) is 18.2 Å². The molecular formula is C25H30NO6+. The minimum atomic E-state index is 0.104. The molecule has 2 aliphatic rings. The van der Waals surface area contributed by atoms with Crippen LogP contribution >= 0.6 is 0 Å². The van der Waals surface area contributed by atoms with Crippen molar-refractivity contribution in [1.82, 2.24) is 0 Å². The van der Waals surface area contributed by atoms with E-state index < -0.39 is 0 Å². The second kappa shape index (κ2) is 7.60. The van der Waals surface area contributed by atoms with Gasteiger partial charge in [-0.2, -0.15) is 4.65 Å². The summed E-state index contributed by atoms with van der Waals surface area (Å²) in [6, 6.07) is 6.24. The maximum atomic E-state index is 11.4. The molecule has 2 unspecified atom stereocenters. The van der Waals surface area contributed by atoms with Crippen molar-refractivity contribution in [3.8, 4) is 28.7 Å². The third-order valence-corrected chi connectivity index (χ3v) is 7.27. The minimum absolute atomic E-state index is 0.104. The van der Waals surface area contributed by atoms with Crippen molar-refractivity contribution >= 4 is 21.5 Å². The predicted molar refractivity (Wildman–Crippen MR) is 122 cm³/mol. The fourth-order valence-electron chi connectivity index (χ4n) is 5.75. The van der Waals surface area contributed by atoms with Crippen LogP contribution in [0.1, 0.15) is 24.0 Å². The van der Waals surface area contributed by atoms with Crippen LogP contribution in [0.4, 0.5) is 0 Å². The summed E-state index contributed by atoms with van der Waals surface area (Å²) >= 11 is 0. The number of methoxy groups -OCH3 is 5. The van der Waals surface area contributed by atoms with Gasteiger partial charge in [0.05, 0.1) is 35.5 Å². The zero-order valence-corrected chi connectivity index (χ0v) is 19.3. The average Bonchev–Trinajstić information content (AvgIpc) is 3.20. The number of rotatable bonds is 5. The normalized spacial score (nSPS) is 21.9. The zero-order chi connectivity index (χ0) is 22.6. The molecule has 170 valence electrons.